The second-order valence-electron chi connectivity index (χ2n) is 7.11. The molecule has 0 unspecified atom stereocenters. The van der Waals surface area contributed by atoms with Crippen molar-refractivity contribution in [2.24, 2.45) is 0 Å². The summed E-state index contributed by atoms with van der Waals surface area (Å²) in [5, 5.41) is 4.52. The van der Waals surface area contributed by atoms with E-state index >= 15 is 0 Å². The van der Waals surface area contributed by atoms with Gasteiger partial charge in [-0.25, -0.2) is 9.97 Å². The van der Waals surface area contributed by atoms with Crippen molar-refractivity contribution in [1.82, 2.24) is 24.8 Å². The van der Waals surface area contributed by atoms with Crippen molar-refractivity contribution in [3.63, 3.8) is 0 Å². The van der Waals surface area contributed by atoms with E-state index in [0.29, 0.717) is 18.0 Å². The monoisotopic (exact) mass is 394 g/mol. The summed E-state index contributed by atoms with van der Waals surface area (Å²) in [7, 11) is 0. The van der Waals surface area contributed by atoms with Gasteiger partial charge in [0, 0.05) is 38.1 Å². The van der Waals surface area contributed by atoms with Gasteiger partial charge in [-0.15, -0.1) is 6.58 Å². The fourth-order valence-corrected chi connectivity index (χ4v) is 3.80. The van der Waals surface area contributed by atoms with Gasteiger partial charge in [0.05, 0.1) is 24.1 Å². The smallest absolute Gasteiger partial charge is 0.289 e. The Morgan fingerprint density at radius 1 is 1.24 bits per heavy atom. The lowest BCUT2D eigenvalue weighted by Gasteiger charge is -2.26. The number of nitrogen functional groups attached to an aromatic ring is 1. The van der Waals surface area contributed by atoms with Crippen molar-refractivity contribution in [2.75, 3.05) is 45.1 Å². The van der Waals surface area contributed by atoms with Gasteiger partial charge in [0.2, 0.25) is 5.82 Å². The molecule has 0 bridgehead atoms. The number of anilines is 1. The van der Waals surface area contributed by atoms with Crippen molar-refractivity contribution in [2.45, 2.75) is 13.0 Å². The van der Waals surface area contributed by atoms with Crippen LogP contribution >= 0.6 is 0 Å². The molecule has 0 saturated carbocycles. The minimum atomic E-state index is -0.358. The Hall–Kier alpha value is -2.97. The van der Waals surface area contributed by atoms with Crippen LogP contribution in [0.5, 0.6) is 0 Å². The van der Waals surface area contributed by atoms with Gasteiger partial charge < -0.3 is 20.4 Å². The molecule has 3 heterocycles. The number of nitrogens with one attached hydrogen (secondary N) is 1. The van der Waals surface area contributed by atoms with Crippen LogP contribution in [0, 0.1) is 0 Å². The molecule has 1 amide bonds. The van der Waals surface area contributed by atoms with Gasteiger partial charge in [0.1, 0.15) is 11.5 Å². The third kappa shape index (κ3) is 3.94. The van der Waals surface area contributed by atoms with Crippen molar-refractivity contribution < 1.29 is 9.53 Å². The average molecular weight is 394 g/mol. The molecule has 0 radical (unpaired) electrons. The number of ether oxygens (including phenoxy) is 1. The molecular weight excluding hydrogens is 368 g/mol. The van der Waals surface area contributed by atoms with Crippen LogP contribution in [0.1, 0.15) is 17.0 Å². The van der Waals surface area contributed by atoms with Crippen LogP contribution < -0.4 is 11.1 Å². The number of aromatic nitrogens is 3. The first kappa shape index (κ1) is 19.4. The van der Waals surface area contributed by atoms with Gasteiger partial charge in [-0.05, 0) is 12.5 Å². The predicted octanol–water partition coefficient (Wildman–Crippen LogP) is 1.80. The predicted molar refractivity (Wildman–Crippen MR) is 114 cm³/mol. The van der Waals surface area contributed by atoms with Crippen LogP contribution in [0.2, 0.25) is 0 Å². The normalized spacial score (nSPS) is 15.0. The highest BCUT2D eigenvalue weighted by Crippen LogP contribution is 2.31. The Kier molecular flexibility index (Phi) is 5.73. The van der Waals surface area contributed by atoms with Gasteiger partial charge >= 0.3 is 0 Å². The molecule has 152 valence electrons. The largest absolute Gasteiger partial charge is 0.383 e. The van der Waals surface area contributed by atoms with Crippen LogP contribution in [-0.2, 0) is 11.3 Å². The van der Waals surface area contributed by atoms with Crippen LogP contribution in [0.4, 0.5) is 5.82 Å². The standard InChI is InChI=1S/C21H26N6O2/c1-2-8-23-21(28)19-24-18(22)17-15-6-3-4-7-16(15)27(20(17)25-19)10-5-9-26-11-13-29-14-12-26/h2-4,6-7H,1,5,8-14H2,(H,23,28)(H2,22,24,25). The number of benzene rings is 1. The summed E-state index contributed by atoms with van der Waals surface area (Å²) in [5.74, 6) is 0.0413. The number of rotatable bonds is 7. The number of morpholine rings is 1. The maximum Gasteiger partial charge on any atom is 0.289 e. The molecule has 0 spiro atoms. The van der Waals surface area contributed by atoms with E-state index in [1.165, 1.54) is 0 Å². The average Bonchev–Trinajstić information content (AvgIpc) is 3.07. The van der Waals surface area contributed by atoms with E-state index in [2.05, 4.69) is 37.4 Å². The molecule has 1 aliphatic heterocycles. The Morgan fingerprint density at radius 3 is 2.83 bits per heavy atom. The number of carbonyl (C=O) groups is 1. The van der Waals surface area contributed by atoms with Crippen LogP contribution in [0.3, 0.4) is 0 Å². The lowest BCUT2D eigenvalue weighted by Crippen LogP contribution is -2.37. The number of fused-ring (bicyclic) bond motifs is 3. The molecule has 29 heavy (non-hydrogen) atoms. The molecule has 8 heteroatoms. The molecule has 8 nitrogen and oxygen atoms in total. The maximum absolute atomic E-state index is 12.4. The Bertz CT molecular complexity index is 1040. The van der Waals surface area contributed by atoms with Crippen LogP contribution in [0.15, 0.2) is 36.9 Å². The van der Waals surface area contributed by atoms with Gasteiger partial charge in [-0.1, -0.05) is 24.3 Å². The second-order valence-corrected chi connectivity index (χ2v) is 7.11. The van der Waals surface area contributed by atoms with E-state index in [0.717, 1.165) is 62.1 Å². The lowest BCUT2D eigenvalue weighted by atomic mass is 10.2. The molecule has 1 fully saturated rings. The minimum Gasteiger partial charge on any atom is -0.383 e. The quantitative estimate of drug-likeness (QED) is 0.593. The number of carbonyl (C=O) groups excluding carboxylic acids is 1. The summed E-state index contributed by atoms with van der Waals surface area (Å²) >= 11 is 0. The summed E-state index contributed by atoms with van der Waals surface area (Å²) in [6, 6.07) is 8.06. The fraction of sp³-hybridized carbons (Fsp3) is 0.381. The molecule has 2 aromatic heterocycles. The fourth-order valence-electron chi connectivity index (χ4n) is 3.80. The van der Waals surface area contributed by atoms with E-state index in [1.54, 1.807) is 6.08 Å². The van der Waals surface area contributed by atoms with Gasteiger partial charge in [0.15, 0.2) is 0 Å². The highest BCUT2D eigenvalue weighted by molar-refractivity contribution is 6.12. The Labute approximate surface area is 169 Å². The number of hydrogen-bond donors (Lipinski definition) is 2. The molecule has 0 atom stereocenters. The van der Waals surface area contributed by atoms with Crippen LogP contribution in [-0.4, -0.2) is 64.7 Å². The number of amides is 1. The van der Waals surface area contributed by atoms with Crippen molar-refractivity contribution >= 4 is 33.7 Å². The van der Waals surface area contributed by atoms with E-state index in [1.807, 2.05) is 18.2 Å². The third-order valence-electron chi connectivity index (χ3n) is 5.21. The van der Waals surface area contributed by atoms with Gasteiger partial charge in [-0.2, -0.15) is 0 Å². The molecule has 1 aromatic carbocycles. The summed E-state index contributed by atoms with van der Waals surface area (Å²) in [6.07, 6.45) is 2.58. The molecule has 1 aliphatic rings. The second kappa shape index (κ2) is 8.59. The maximum atomic E-state index is 12.4. The van der Waals surface area contributed by atoms with E-state index < -0.39 is 0 Å². The number of aryl methyl sites for hydroxylation is 1. The molecule has 0 aliphatic carbocycles. The molecular formula is C21H26N6O2. The Morgan fingerprint density at radius 2 is 2.03 bits per heavy atom. The number of hydrogen-bond acceptors (Lipinski definition) is 6. The zero-order valence-corrected chi connectivity index (χ0v) is 16.4. The SMILES string of the molecule is C=CCNC(=O)c1nc(N)c2c3ccccc3n(CCCN3CCOCC3)c2n1. The summed E-state index contributed by atoms with van der Waals surface area (Å²) < 4.78 is 7.57. The number of para-hydroxylation sites is 1. The molecule has 3 N–H and O–H groups in total. The van der Waals surface area contributed by atoms with Gasteiger partial charge in [0.25, 0.3) is 5.91 Å². The summed E-state index contributed by atoms with van der Waals surface area (Å²) in [5.41, 5.74) is 8.01. The summed E-state index contributed by atoms with van der Waals surface area (Å²) in [4.78, 5) is 23.6. The molecule has 3 aromatic rings. The lowest BCUT2D eigenvalue weighted by molar-refractivity contribution is 0.0370. The first-order valence-electron chi connectivity index (χ1n) is 9.92. The van der Waals surface area contributed by atoms with Crippen molar-refractivity contribution in [3.8, 4) is 0 Å². The minimum absolute atomic E-state index is 0.0779. The van der Waals surface area contributed by atoms with E-state index in [4.69, 9.17) is 10.5 Å². The summed E-state index contributed by atoms with van der Waals surface area (Å²) in [6.45, 7) is 9.26. The first-order valence-corrected chi connectivity index (χ1v) is 9.92. The van der Waals surface area contributed by atoms with E-state index in [9.17, 15) is 4.79 Å². The number of nitrogens with zero attached hydrogens (tertiary/aromatic N) is 4. The first-order chi connectivity index (χ1) is 14.2. The molecule has 4 rings (SSSR count). The zero-order valence-electron chi connectivity index (χ0n) is 16.4. The molecule has 1 saturated heterocycles. The van der Waals surface area contributed by atoms with E-state index in [-0.39, 0.29) is 11.7 Å². The topological polar surface area (TPSA) is 98.3 Å². The Balaban J connectivity index is 1.68. The number of nitrogens with two attached hydrogens (primary N) is 1. The highest BCUT2D eigenvalue weighted by atomic mass is 16.5. The highest BCUT2D eigenvalue weighted by Gasteiger charge is 2.19. The van der Waals surface area contributed by atoms with Crippen molar-refractivity contribution in [3.05, 3.63) is 42.7 Å². The van der Waals surface area contributed by atoms with Gasteiger partial charge in [-0.3, -0.25) is 9.69 Å². The van der Waals surface area contributed by atoms with Crippen molar-refractivity contribution in [1.29, 1.82) is 0 Å². The zero-order chi connectivity index (χ0) is 20.2. The van der Waals surface area contributed by atoms with Crippen LogP contribution in [0.25, 0.3) is 21.9 Å². The third-order valence-corrected chi connectivity index (χ3v) is 5.21.